The monoisotopic (exact) mass is 436 g/mol. The molecule has 0 atom stereocenters. The molecule has 0 unspecified atom stereocenters. The van der Waals surface area contributed by atoms with Gasteiger partial charge in [0, 0.05) is 50.9 Å². The molecule has 1 aliphatic rings. The number of para-hydroxylation sites is 1. The number of fused-ring (bicyclic) bond motifs is 1. The lowest BCUT2D eigenvalue weighted by Gasteiger charge is -2.36. The smallest absolute Gasteiger partial charge is 0.328 e. The fourth-order valence-electron chi connectivity index (χ4n) is 4.13. The van der Waals surface area contributed by atoms with Crippen molar-refractivity contribution in [3.05, 3.63) is 69.4 Å². The number of benzene rings is 2. The molecule has 0 spiro atoms. The van der Waals surface area contributed by atoms with E-state index in [2.05, 4.69) is 16.0 Å². The molecule has 8 nitrogen and oxygen atoms in total. The van der Waals surface area contributed by atoms with E-state index in [4.69, 9.17) is 4.74 Å². The van der Waals surface area contributed by atoms with Gasteiger partial charge in [-0.25, -0.2) is 4.79 Å². The van der Waals surface area contributed by atoms with Crippen molar-refractivity contribution < 1.29 is 9.53 Å². The second-order valence-corrected chi connectivity index (χ2v) is 7.96. The zero-order valence-electron chi connectivity index (χ0n) is 18.3. The Morgan fingerprint density at radius 1 is 1.00 bits per heavy atom. The molecule has 1 fully saturated rings. The molecule has 0 radical (unpaired) electrons. The molecule has 2 heterocycles. The van der Waals surface area contributed by atoms with Crippen molar-refractivity contribution in [1.29, 1.82) is 0 Å². The lowest BCUT2D eigenvalue weighted by Crippen LogP contribution is -2.48. The summed E-state index contributed by atoms with van der Waals surface area (Å²) in [5.41, 5.74) is 0.947. The van der Waals surface area contributed by atoms with Gasteiger partial charge in [-0.3, -0.25) is 14.2 Å². The summed E-state index contributed by atoms with van der Waals surface area (Å²) in [5, 5.41) is 0.497. The quantitative estimate of drug-likeness (QED) is 0.574. The van der Waals surface area contributed by atoms with Crippen molar-refractivity contribution in [2.24, 2.45) is 0 Å². The number of amides is 1. The number of H-pyrrole nitrogens is 1. The molecule has 4 rings (SSSR count). The summed E-state index contributed by atoms with van der Waals surface area (Å²) in [6.07, 6.45) is 1.64. The number of carbonyl (C=O) groups is 1. The van der Waals surface area contributed by atoms with Crippen molar-refractivity contribution in [2.75, 3.05) is 38.2 Å². The van der Waals surface area contributed by atoms with E-state index < -0.39 is 5.69 Å². The first-order valence-corrected chi connectivity index (χ1v) is 11.0. The van der Waals surface area contributed by atoms with Crippen LogP contribution >= 0.6 is 0 Å². The molecule has 3 aromatic rings. The summed E-state index contributed by atoms with van der Waals surface area (Å²) in [4.78, 5) is 44.3. The minimum atomic E-state index is -0.409. The van der Waals surface area contributed by atoms with Crippen LogP contribution in [-0.2, 0) is 11.3 Å². The van der Waals surface area contributed by atoms with Crippen LogP contribution in [0.5, 0.6) is 5.75 Å². The highest BCUT2D eigenvalue weighted by atomic mass is 16.5. The summed E-state index contributed by atoms with van der Waals surface area (Å²) in [6.45, 7) is 3.22. The number of hydrogen-bond donors (Lipinski definition) is 1. The van der Waals surface area contributed by atoms with Gasteiger partial charge in [-0.2, -0.15) is 0 Å². The van der Waals surface area contributed by atoms with Crippen molar-refractivity contribution >= 4 is 22.5 Å². The molecule has 0 bridgehead atoms. The van der Waals surface area contributed by atoms with E-state index in [1.54, 1.807) is 31.4 Å². The number of aromatic amines is 1. The van der Waals surface area contributed by atoms with Gasteiger partial charge in [-0.1, -0.05) is 18.2 Å². The van der Waals surface area contributed by atoms with E-state index in [0.29, 0.717) is 49.8 Å². The SMILES string of the molecule is COc1cccc(N2CCN(C(=O)CCCCn3c(=O)[nH]c4ccccc4c3=O)CC2)c1. The van der Waals surface area contributed by atoms with Crippen LogP contribution in [0.25, 0.3) is 10.9 Å². The number of carbonyl (C=O) groups excluding carboxylic acids is 1. The van der Waals surface area contributed by atoms with Crippen LogP contribution in [0.1, 0.15) is 19.3 Å². The van der Waals surface area contributed by atoms with Gasteiger partial charge in [0.2, 0.25) is 5.91 Å². The molecule has 1 saturated heterocycles. The third kappa shape index (κ3) is 4.69. The Labute approximate surface area is 186 Å². The summed E-state index contributed by atoms with van der Waals surface area (Å²) in [7, 11) is 1.65. The first kappa shape index (κ1) is 21.7. The van der Waals surface area contributed by atoms with Crippen LogP contribution in [0.4, 0.5) is 5.69 Å². The first-order valence-electron chi connectivity index (χ1n) is 11.0. The van der Waals surface area contributed by atoms with Crippen molar-refractivity contribution in [3.8, 4) is 5.75 Å². The Morgan fingerprint density at radius 3 is 2.56 bits per heavy atom. The second kappa shape index (κ2) is 9.72. The molecule has 32 heavy (non-hydrogen) atoms. The number of methoxy groups -OCH3 is 1. The number of hydrogen-bond acceptors (Lipinski definition) is 5. The standard InChI is InChI=1S/C24H28N4O4/c1-32-19-8-6-7-18(17-19)26-13-15-27(16-14-26)22(29)11-4-5-12-28-23(30)20-9-2-3-10-21(20)25-24(28)31/h2-3,6-10,17H,4-5,11-16H2,1H3,(H,25,31). The minimum Gasteiger partial charge on any atom is -0.497 e. The van der Waals surface area contributed by atoms with Gasteiger partial charge in [-0.05, 0) is 37.1 Å². The van der Waals surface area contributed by atoms with Gasteiger partial charge in [0.05, 0.1) is 18.0 Å². The van der Waals surface area contributed by atoms with Crippen LogP contribution in [0.15, 0.2) is 58.1 Å². The minimum absolute atomic E-state index is 0.120. The van der Waals surface area contributed by atoms with E-state index in [1.165, 1.54) is 4.57 Å². The normalized spacial score (nSPS) is 14.0. The summed E-state index contributed by atoms with van der Waals surface area (Å²) in [6, 6.07) is 14.9. The first-order chi connectivity index (χ1) is 15.6. The molecule has 0 saturated carbocycles. The summed E-state index contributed by atoms with van der Waals surface area (Å²) >= 11 is 0. The average molecular weight is 437 g/mol. The number of rotatable bonds is 7. The molecule has 1 N–H and O–H groups in total. The Bertz CT molecular complexity index is 1210. The van der Waals surface area contributed by atoms with Gasteiger partial charge >= 0.3 is 5.69 Å². The number of piperazine rings is 1. The van der Waals surface area contributed by atoms with E-state index >= 15 is 0 Å². The Balaban J connectivity index is 1.26. The van der Waals surface area contributed by atoms with Crippen LogP contribution in [0.2, 0.25) is 0 Å². The van der Waals surface area contributed by atoms with Crippen molar-refractivity contribution in [3.63, 3.8) is 0 Å². The van der Waals surface area contributed by atoms with Crippen LogP contribution in [0.3, 0.4) is 0 Å². The fourth-order valence-corrected chi connectivity index (χ4v) is 4.13. The predicted octanol–water partition coefficient (Wildman–Crippen LogP) is 2.22. The summed E-state index contributed by atoms with van der Waals surface area (Å²) < 4.78 is 6.52. The molecule has 1 amide bonds. The fraction of sp³-hybridized carbons (Fsp3) is 0.375. The zero-order valence-corrected chi connectivity index (χ0v) is 18.3. The van der Waals surface area contributed by atoms with Crippen molar-refractivity contribution in [1.82, 2.24) is 14.5 Å². The van der Waals surface area contributed by atoms with Gasteiger partial charge in [0.15, 0.2) is 0 Å². The Morgan fingerprint density at radius 2 is 1.78 bits per heavy atom. The average Bonchev–Trinajstić information content (AvgIpc) is 2.83. The Kier molecular flexibility index (Phi) is 6.58. The summed E-state index contributed by atoms with van der Waals surface area (Å²) in [5.74, 6) is 0.945. The zero-order chi connectivity index (χ0) is 22.5. The predicted molar refractivity (Wildman–Crippen MR) is 124 cm³/mol. The van der Waals surface area contributed by atoms with Gasteiger partial charge in [0.25, 0.3) is 5.56 Å². The highest BCUT2D eigenvalue weighted by Gasteiger charge is 2.21. The molecular formula is C24H28N4O4. The molecular weight excluding hydrogens is 408 g/mol. The van der Waals surface area contributed by atoms with Crippen LogP contribution in [-0.4, -0.2) is 53.6 Å². The number of ether oxygens (including phenoxy) is 1. The van der Waals surface area contributed by atoms with Crippen LogP contribution < -0.4 is 20.9 Å². The highest BCUT2D eigenvalue weighted by molar-refractivity contribution is 5.77. The maximum atomic E-state index is 12.6. The lowest BCUT2D eigenvalue weighted by molar-refractivity contribution is -0.131. The number of unbranched alkanes of at least 4 members (excludes halogenated alkanes) is 1. The second-order valence-electron chi connectivity index (χ2n) is 7.96. The largest absolute Gasteiger partial charge is 0.497 e. The van der Waals surface area contributed by atoms with Gasteiger partial charge in [0.1, 0.15) is 5.75 Å². The van der Waals surface area contributed by atoms with Gasteiger partial charge < -0.3 is 19.5 Å². The van der Waals surface area contributed by atoms with Crippen molar-refractivity contribution in [2.45, 2.75) is 25.8 Å². The maximum Gasteiger partial charge on any atom is 0.328 e. The number of nitrogens with zero attached hydrogens (tertiary/aromatic N) is 3. The van der Waals surface area contributed by atoms with E-state index in [0.717, 1.165) is 24.5 Å². The van der Waals surface area contributed by atoms with E-state index in [1.807, 2.05) is 23.1 Å². The topological polar surface area (TPSA) is 87.6 Å². The third-order valence-corrected chi connectivity index (χ3v) is 5.96. The molecule has 1 aromatic heterocycles. The molecule has 0 aliphatic carbocycles. The number of aromatic nitrogens is 2. The lowest BCUT2D eigenvalue weighted by atomic mass is 10.2. The molecule has 8 heteroatoms. The van der Waals surface area contributed by atoms with E-state index in [-0.39, 0.29) is 11.5 Å². The molecule has 2 aromatic carbocycles. The van der Waals surface area contributed by atoms with Crippen LogP contribution in [0, 0.1) is 0 Å². The number of anilines is 1. The highest BCUT2D eigenvalue weighted by Crippen LogP contribution is 2.22. The Hall–Kier alpha value is -3.55. The van der Waals surface area contributed by atoms with Gasteiger partial charge in [-0.15, -0.1) is 0 Å². The maximum absolute atomic E-state index is 12.6. The third-order valence-electron chi connectivity index (χ3n) is 5.96. The molecule has 1 aliphatic heterocycles. The number of nitrogens with one attached hydrogen (secondary N) is 1. The van der Waals surface area contributed by atoms with E-state index in [9.17, 15) is 14.4 Å². The molecule has 168 valence electrons.